The standard InChI is InChI=1S/C21H28N2O2/c1-15-10-20(18(4)23(15)13-19-8-6-5-7-9-19)21(24)14-22-11-16(2)25-17(3)12-22/h5-10,16-17H,11-14H2,1-4H3/p+1/t16-,17+. The third-order valence-corrected chi connectivity index (χ3v) is 5.09. The molecule has 1 aliphatic rings. The number of ether oxygens (including phenoxy) is 1. The van der Waals surface area contributed by atoms with Crippen molar-refractivity contribution in [1.29, 1.82) is 0 Å². The summed E-state index contributed by atoms with van der Waals surface area (Å²) in [5.41, 5.74) is 4.33. The van der Waals surface area contributed by atoms with Gasteiger partial charge in [-0.15, -0.1) is 0 Å². The van der Waals surface area contributed by atoms with Gasteiger partial charge in [-0.2, -0.15) is 0 Å². The highest BCUT2D eigenvalue weighted by atomic mass is 16.5. The lowest BCUT2D eigenvalue weighted by Crippen LogP contribution is -3.16. The minimum absolute atomic E-state index is 0.220. The van der Waals surface area contributed by atoms with Crippen molar-refractivity contribution in [2.75, 3.05) is 19.6 Å². The van der Waals surface area contributed by atoms with Crippen molar-refractivity contribution in [2.24, 2.45) is 0 Å². The minimum Gasteiger partial charge on any atom is -0.364 e. The quantitative estimate of drug-likeness (QED) is 0.845. The Balaban J connectivity index is 1.74. The van der Waals surface area contributed by atoms with Crippen molar-refractivity contribution in [3.05, 3.63) is 58.9 Å². The summed E-state index contributed by atoms with van der Waals surface area (Å²) in [6.45, 7) is 11.5. The van der Waals surface area contributed by atoms with Crippen LogP contribution in [0, 0.1) is 13.8 Å². The molecule has 1 fully saturated rings. The van der Waals surface area contributed by atoms with E-state index in [1.807, 2.05) is 12.1 Å². The Morgan fingerprint density at radius 2 is 1.80 bits per heavy atom. The van der Waals surface area contributed by atoms with Gasteiger partial charge < -0.3 is 14.2 Å². The summed E-state index contributed by atoms with van der Waals surface area (Å²) in [5, 5.41) is 0. The summed E-state index contributed by atoms with van der Waals surface area (Å²) < 4.78 is 8.02. The lowest BCUT2D eigenvalue weighted by Gasteiger charge is -2.31. The molecule has 1 unspecified atom stereocenters. The fraction of sp³-hybridized carbons (Fsp3) is 0.476. The molecule has 1 N–H and O–H groups in total. The Morgan fingerprint density at radius 1 is 1.16 bits per heavy atom. The molecule has 0 spiro atoms. The molecule has 4 heteroatoms. The number of carbonyl (C=O) groups is 1. The monoisotopic (exact) mass is 341 g/mol. The number of aryl methyl sites for hydroxylation is 1. The first-order valence-electron chi connectivity index (χ1n) is 9.17. The molecule has 4 nitrogen and oxygen atoms in total. The number of quaternary nitrogens is 1. The van der Waals surface area contributed by atoms with Gasteiger partial charge in [0.15, 0.2) is 0 Å². The second-order valence-electron chi connectivity index (χ2n) is 7.37. The molecule has 25 heavy (non-hydrogen) atoms. The third-order valence-electron chi connectivity index (χ3n) is 5.09. The van der Waals surface area contributed by atoms with Crippen LogP contribution in [0.2, 0.25) is 0 Å². The molecular formula is C21H29N2O2+. The van der Waals surface area contributed by atoms with Gasteiger partial charge in [-0.1, -0.05) is 30.3 Å². The highest BCUT2D eigenvalue weighted by molar-refractivity contribution is 5.98. The van der Waals surface area contributed by atoms with Crippen molar-refractivity contribution in [1.82, 2.24) is 4.57 Å². The average molecular weight is 341 g/mol. The first-order chi connectivity index (χ1) is 11.9. The molecule has 2 aromatic rings. The molecular weight excluding hydrogens is 312 g/mol. The molecule has 1 aliphatic heterocycles. The highest BCUT2D eigenvalue weighted by Gasteiger charge is 2.28. The molecule has 0 saturated carbocycles. The van der Waals surface area contributed by atoms with Gasteiger partial charge in [0.05, 0.1) is 0 Å². The first-order valence-corrected chi connectivity index (χ1v) is 9.17. The van der Waals surface area contributed by atoms with Crippen LogP contribution in [0.15, 0.2) is 36.4 Å². The molecule has 3 atom stereocenters. The van der Waals surface area contributed by atoms with E-state index in [0.29, 0.717) is 6.54 Å². The Hall–Kier alpha value is -1.91. The lowest BCUT2D eigenvalue weighted by molar-refractivity contribution is -0.906. The van der Waals surface area contributed by atoms with Gasteiger partial charge in [0, 0.05) is 23.5 Å². The Morgan fingerprint density at radius 3 is 2.44 bits per heavy atom. The molecule has 134 valence electrons. The Bertz CT molecular complexity index is 726. The van der Waals surface area contributed by atoms with E-state index in [1.54, 1.807) is 0 Å². The van der Waals surface area contributed by atoms with Gasteiger partial charge in [0.25, 0.3) is 0 Å². The SMILES string of the molecule is Cc1cc(C(=O)C[NH+]2C[C@@H](C)O[C@@H](C)C2)c(C)n1Cc1ccccc1. The van der Waals surface area contributed by atoms with Crippen molar-refractivity contribution in [3.8, 4) is 0 Å². The van der Waals surface area contributed by atoms with Gasteiger partial charge in [0.1, 0.15) is 31.8 Å². The summed E-state index contributed by atoms with van der Waals surface area (Å²) in [5.74, 6) is 0.240. The number of ketones is 1. The second kappa shape index (κ2) is 7.54. The molecule has 2 heterocycles. The summed E-state index contributed by atoms with van der Waals surface area (Å²) >= 11 is 0. The van der Waals surface area contributed by atoms with Gasteiger partial charge in [-0.25, -0.2) is 0 Å². The van der Waals surface area contributed by atoms with E-state index in [0.717, 1.165) is 36.6 Å². The summed E-state index contributed by atoms with van der Waals surface area (Å²) in [6.07, 6.45) is 0.439. The van der Waals surface area contributed by atoms with Crippen LogP contribution >= 0.6 is 0 Å². The number of hydrogen-bond donors (Lipinski definition) is 1. The normalized spacial score (nSPS) is 23.6. The van der Waals surface area contributed by atoms with Crippen molar-refractivity contribution in [3.63, 3.8) is 0 Å². The van der Waals surface area contributed by atoms with Crippen molar-refractivity contribution in [2.45, 2.75) is 46.4 Å². The number of hydrogen-bond acceptors (Lipinski definition) is 2. The van der Waals surface area contributed by atoms with E-state index in [9.17, 15) is 4.79 Å². The number of rotatable bonds is 5. The predicted octanol–water partition coefficient (Wildman–Crippen LogP) is 2.03. The third kappa shape index (κ3) is 4.20. The van der Waals surface area contributed by atoms with Gasteiger partial charge in [0.2, 0.25) is 5.78 Å². The maximum atomic E-state index is 12.9. The van der Waals surface area contributed by atoms with Crippen LogP contribution in [0.3, 0.4) is 0 Å². The van der Waals surface area contributed by atoms with Crippen molar-refractivity contribution < 1.29 is 14.4 Å². The smallest absolute Gasteiger partial charge is 0.218 e. The molecule has 1 saturated heterocycles. The summed E-state index contributed by atoms with van der Waals surface area (Å²) in [7, 11) is 0. The maximum absolute atomic E-state index is 12.9. The number of aromatic nitrogens is 1. The molecule has 1 aromatic heterocycles. The van der Waals surface area contributed by atoms with E-state index in [2.05, 4.69) is 56.5 Å². The molecule has 0 amide bonds. The number of morpholine rings is 1. The van der Waals surface area contributed by atoms with Crippen LogP contribution in [0.5, 0.6) is 0 Å². The van der Waals surface area contributed by atoms with Crippen LogP contribution in [-0.2, 0) is 11.3 Å². The zero-order valence-electron chi connectivity index (χ0n) is 15.7. The van der Waals surface area contributed by atoms with Gasteiger partial charge >= 0.3 is 0 Å². The number of Topliss-reactive ketones (excluding diaryl/α,β-unsaturated/α-hetero) is 1. The largest absolute Gasteiger partial charge is 0.364 e. The van der Waals surface area contributed by atoms with Crippen LogP contribution in [-0.4, -0.2) is 42.2 Å². The van der Waals surface area contributed by atoms with Crippen molar-refractivity contribution >= 4 is 5.78 Å². The first kappa shape index (κ1) is 17.9. The van der Waals surface area contributed by atoms with Crippen LogP contribution in [0.25, 0.3) is 0 Å². The number of carbonyl (C=O) groups excluding carboxylic acids is 1. The van der Waals surface area contributed by atoms with Gasteiger partial charge in [-0.05, 0) is 39.3 Å². The van der Waals surface area contributed by atoms with Gasteiger partial charge in [-0.3, -0.25) is 4.79 Å². The van der Waals surface area contributed by atoms with E-state index in [4.69, 9.17) is 4.74 Å². The molecule has 3 rings (SSSR count). The van der Waals surface area contributed by atoms with Crippen LogP contribution in [0.1, 0.15) is 41.2 Å². The fourth-order valence-corrected chi connectivity index (χ4v) is 3.95. The zero-order valence-corrected chi connectivity index (χ0v) is 15.7. The Labute approximate surface area is 150 Å². The van der Waals surface area contributed by atoms with E-state index in [-0.39, 0.29) is 18.0 Å². The fourth-order valence-electron chi connectivity index (χ4n) is 3.95. The van der Waals surface area contributed by atoms with E-state index >= 15 is 0 Å². The maximum Gasteiger partial charge on any atom is 0.218 e. The summed E-state index contributed by atoms with van der Waals surface area (Å²) in [6, 6.07) is 12.4. The van der Waals surface area contributed by atoms with E-state index in [1.165, 1.54) is 10.5 Å². The number of nitrogens with zero attached hydrogens (tertiary/aromatic N) is 1. The molecule has 0 aliphatic carbocycles. The van der Waals surface area contributed by atoms with E-state index < -0.39 is 0 Å². The van der Waals surface area contributed by atoms with Crippen LogP contribution in [0.4, 0.5) is 0 Å². The molecule has 0 bridgehead atoms. The topological polar surface area (TPSA) is 35.7 Å². The number of nitrogens with one attached hydrogen (secondary N) is 1. The van der Waals surface area contributed by atoms with Crippen LogP contribution < -0.4 is 4.90 Å². The Kier molecular flexibility index (Phi) is 5.40. The molecule has 0 radical (unpaired) electrons. The predicted molar refractivity (Wildman–Crippen MR) is 99.4 cm³/mol. The zero-order chi connectivity index (χ0) is 18.0. The second-order valence-corrected chi connectivity index (χ2v) is 7.37. The lowest BCUT2D eigenvalue weighted by atomic mass is 10.1. The number of benzene rings is 1. The average Bonchev–Trinajstić information content (AvgIpc) is 2.83. The molecule has 1 aromatic carbocycles. The minimum atomic E-state index is 0.220. The summed E-state index contributed by atoms with van der Waals surface area (Å²) in [4.78, 5) is 14.2. The highest BCUT2D eigenvalue weighted by Crippen LogP contribution is 2.17.